The number of hydrogen-bond donors (Lipinski definition) is 2. The smallest absolute Gasteiger partial charge is 0.372 e. The van der Waals surface area contributed by atoms with E-state index in [0.29, 0.717) is 34.7 Å². The standard InChI is InChI=1S/C41H35ClF10N10O5S/c1-17-13-59(14-18(2)67-17)28-7-4-22-35(54-28)55-37(62(38(22)64)27-6-5-25(42)31-32(27)61(16-39(45,46)47)57-36(31)58-68(3,65)66)26(10-19-8-20(43)11-21(44)9-19)53-29(63)15-60-34-30(33(56-60)41(50,51)52)23-12-24(23)40(34,48)49/h4-9,11,17-18,23-24,26H,10,12-16H2,1-3H3,(H,53,63)(H,57,58)/t17-,18+,23-,24+,26-/m0/s1. The van der Waals surface area contributed by atoms with Crippen molar-refractivity contribution in [3.63, 3.8) is 0 Å². The quantitative estimate of drug-likeness (QED) is 0.127. The molecule has 5 heterocycles. The molecule has 3 aliphatic rings. The van der Waals surface area contributed by atoms with Crippen LogP contribution in [0, 0.1) is 17.6 Å². The summed E-state index contributed by atoms with van der Waals surface area (Å²) in [5, 5.41) is 8.60. The molecule has 0 radical (unpaired) electrons. The molecule has 2 fully saturated rings. The Hall–Kier alpha value is -6.02. The average Bonchev–Trinajstić information content (AvgIpc) is 3.73. The van der Waals surface area contributed by atoms with Crippen molar-refractivity contribution in [3.8, 4) is 5.69 Å². The Labute approximate surface area is 382 Å². The predicted octanol–water partition coefficient (Wildman–Crippen LogP) is 7.13. The molecule has 2 N–H and O–H groups in total. The number of amides is 1. The summed E-state index contributed by atoms with van der Waals surface area (Å²) in [5.41, 5.74) is -6.27. The van der Waals surface area contributed by atoms with Crippen LogP contribution in [0.1, 0.15) is 60.6 Å². The predicted molar refractivity (Wildman–Crippen MR) is 223 cm³/mol. The topological polar surface area (TPSA) is 171 Å². The summed E-state index contributed by atoms with van der Waals surface area (Å²) in [6.45, 7) is 1.07. The summed E-state index contributed by atoms with van der Waals surface area (Å²) in [4.78, 5) is 40.3. The summed E-state index contributed by atoms with van der Waals surface area (Å²) < 4.78 is 180. The number of aromatic nitrogens is 7. The number of rotatable bonds is 11. The third-order valence-electron chi connectivity index (χ3n) is 11.7. The van der Waals surface area contributed by atoms with Crippen LogP contribution in [0.4, 0.5) is 55.5 Å². The van der Waals surface area contributed by atoms with E-state index in [1.807, 2.05) is 9.62 Å². The van der Waals surface area contributed by atoms with Gasteiger partial charge in [-0.2, -0.15) is 45.3 Å². The normalized spacial score (nSPS) is 20.7. The number of alkyl halides is 8. The summed E-state index contributed by atoms with van der Waals surface area (Å²) in [7, 11) is -4.26. The van der Waals surface area contributed by atoms with Crippen LogP contribution < -0.4 is 20.5 Å². The highest BCUT2D eigenvalue weighted by molar-refractivity contribution is 7.92. The third kappa shape index (κ3) is 8.80. The Morgan fingerprint density at radius 1 is 0.971 bits per heavy atom. The molecule has 1 aliphatic heterocycles. The van der Waals surface area contributed by atoms with Crippen molar-refractivity contribution in [3.05, 3.63) is 97.8 Å². The van der Waals surface area contributed by atoms with E-state index in [-0.39, 0.29) is 50.7 Å². The SMILES string of the molecule is C[C@@H]1CN(c2ccc3c(=O)n(-c4ccc(Cl)c5c(NS(C)(=O)=O)nn(CC(F)(F)F)c45)c([C@H](Cc4cc(F)cc(F)c4)NC(=O)Cn4nc(C(F)(F)F)c5c4C(F)(F)[C@@H]4C[C@H]54)nc3n2)C[C@H](C)O1. The summed E-state index contributed by atoms with van der Waals surface area (Å²) in [6, 6.07) is 5.23. The fourth-order valence-electron chi connectivity index (χ4n) is 9.20. The van der Waals surface area contributed by atoms with Gasteiger partial charge in [-0.25, -0.2) is 27.2 Å². The van der Waals surface area contributed by atoms with Crippen LogP contribution in [0.3, 0.4) is 0 Å². The number of sulfonamides is 1. The molecule has 1 amide bonds. The minimum Gasteiger partial charge on any atom is -0.372 e. The van der Waals surface area contributed by atoms with Gasteiger partial charge in [0.1, 0.15) is 42.1 Å². The molecule has 2 aliphatic carbocycles. The van der Waals surface area contributed by atoms with Gasteiger partial charge in [-0.3, -0.25) is 28.2 Å². The fourth-order valence-corrected chi connectivity index (χ4v) is 9.93. The van der Waals surface area contributed by atoms with Gasteiger partial charge in [0.2, 0.25) is 15.9 Å². The van der Waals surface area contributed by atoms with Crippen LogP contribution in [-0.2, 0) is 51.2 Å². The van der Waals surface area contributed by atoms with Crippen molar-refractivity contribution in [2.24, 2.45) is 5.92 Å². The lowest BCUT2D eigenvalue weighted by atomic mass is 10.0. The van der Waals surface area contributed by atoms with Gasteiger partial charge < -0.3 is 15.0 Å². The van der Waals surface area contributed by atoms with Crippen molar-refractivity contribution >= 4 is 61.1 Å². The van der Waals surface area contributed by atoms with Crippen LogP contribution in [0.5, 0.6) is 0 Å². The summed E-state index contributed by atoms with van der Waals surface area (Å²) in [6.07, 6.45) is -11.1. The second kappa shape index (κ2) is 16.3. The number of anilines is 2. The van der Waals surface area contributed by atoms with Crippen LogP contribution in [-0.4, -0.2) is 86.2 Å². The van der Waals surface area contributed by atoms with Crippen LogP contribution in [0.25, 0.3) is 27.6 Å². The molecular weight excluding hydrogens is 970 g/mol. The number of nitrogens with one attached hydrogen (secondary N) is 2. The van der Waals surface area contributed by atoms with Crippen LogP contribution >= 0.6 is 11.6 Å². The molecule has 0 spiro atoms. The number of nitrogens with zero attached hydrogens (tertiary/aromatic N) is 8. The highest BCUT2D eigenvalue weighted by Crippen LogP contribution is 2.68. The van der Waals surface area contributed by atoms with Crippen molar-refractivity contribution in [2.75, 3.05) is 29.0 Å². The van der Waals surface area contributed by atoms with Gasteiger partial charge in [-0.05, 0) is 68.1 Å². The number of morpholine rings is 1. The zero-order chi connectivity index (χ0) is 49.2. The molecule has 2 aromatic carbocycles. The van der Waals surface area contributed by atoms with Gasteiger partial charge in [-0.15, -0.1) is 0 Å². The molecule has 6 aromatic rings. The summed E-state index contributed by atoms with van der Waals surface area (Å²) >= 11 is 6.51. The number of pyridine rings is 1. The van der Waals surface area contributed by atoms with E-state index in [9.17, 15) is 48.3 Å². The van der Waals surface area contributed by atoms with Crippen molar-refractivity contribution in [1.82, 2.24) is 39.4 Å². The molecule has 9 rings (SSSR count). The number of carbonyl (C=O) groups excluding carboxylic acids is 1. The maximum absolute atomic E-state index is 15.6. The van der Waals surface area contributed by atoms with Crippen molar-refractivity contribution in [1.29, 1.82) is 0 Å². The molecular formula is C41H35ClF10N10O5S. The average molecular weight is 1010 g/mol. The lowest BCUT2D eigenvalue weighted by Gasteiger charge is -2.36. The van der Waals surface area contributed by atoms with E-state index >= 15 is 13.6 Å². The molecule has 15 nitrogen and oxygen atoms in total. The number of hydrogen-bond acceptors (Lipinski definition) is 10. The minimum atomic E-state index is -5.20. The molecule has 68 heavy (non-hydrogen) atoms. The summed E-state index contributed by atoms with van der Waals surface area (Å²) in [5.74, 6) is -11.1. The maximum atomic E-state index is 15.6. The Balaban J connectivity index is 1.28. The third-order valence-corrected chi connectivity index (χ3v) is 12.5. The van der Waals surface area contributed by atoms with E-state index in [0.717, 1.165) is 24.3 Å². The van der Waals surface area contributed by atoms with E-state index in [2.05, 4.69) is 25.5 Å². The molecule has 1 saturated carbocycles. The second-order valence-electron chi connectivity index (χ2n) is 17.0. The fraction of sp³-hybridized carbons (Fsp3) is 0.415. The van der Waals surface area contributed by atoms with Gasteiger partial charge in [-0.1, -0.05) is 11.6 Å². The first kappa shape index (κ1) is 47.1. The molecule has 4 aromatic heterocycles. The monoisotopic (exact) mass is 1000 g/mol. The Morgan fingerprint density at radius 3 is 2.28 bits per heavy atom. The van der Waals surface area contributed by atoms with Crippen molar-refractivity contribution in [2.45, 2.75) is 82.2 Å². The van der Waals surface area contributed by atoms with E-state index in [1.54, 1.807) is 13.8 Å². The Morgan fingerprint density at radius 2 is 1.65 bits per heavy atom. The first-order chi connectivity index (χ1) is 31.7. The largest absolute Gasteiger partial charge is 0.435 e. The van der Waals surface area contributed by atoms with Crippen LogP contribution in [0.15, 0.2) is 47.3 Å². The number of halogens is 11. The van der Waals surface area contributed by atoms with Gasteiger partial charge in [0, 0.05) is 37.1 Å². The molecule has 362 valence electrons. The van der Waals surface area contributed by atoms with Crippen LogP contribution in [0.2, 0.25) is 5.02 Å². The number of carbonyl (C=O) groups is 1. The molecule has 27 heteroatoms. The first-order valence-corrected chi connectivity index (χ1v) is 22.8. The van der Waals surface area contributed by atoms with E-state index < -0.39 is 134 Å². The lowest BCUT2D eigenvalue weighted by molar-refractivity contribution is -0.142. The van der Waals surface area contributed by atoms with E-state index in [4.69, 9.17) is 16.3 Å². The minimum absolute atomic E-state index is 0.215. The van der Waals surface area contributed by atoms with Crippen molar-refractivity contribution < 1.29 is 61.9 Å². The van der Waals surface area contributed by atoms with E-state index in [1.165, 1.54) is 12.1 Å². The zero-order valence-electron chi connectivity index (χ0n) is 35.4. The second-order valence-corrected chi connectivity index (χ2v) is 19.2. The maximum Gasteiger partial charge on any atom is 0.435 e. The molecule has 1 saturated heterocycles. The number of fused-ring (bicyclic) bond motifs is 5. The Bertz CT molecular complexity index is 3200. The molecule has 5 atom stereocenters. The highest BCUT2D eigenvalue weighted by Gasteiger charge is 2.68. The van der Waals surface area contributed by atoms with Gasteiger partial charge in [0.25, 0.3) is 11.5 Å². The van der Waals surface area contributed by atoms with Gasteiger partial charge in [0.05, 0.1) is 51.5 Å². The number of ether oxygens (including phenoxy) is 1. The lowest BCUT2D eigenvalue weighted by Crippen LogP contribution is -2.45. The van der Waals surface area contributed by atoms with Gasteiger partial charge in [0.15, 0.2) is 17.2 Å². The molecule has 0 bridgehead atoms. The molecule has 0 unspecified atom stereocenters. The van der Waals surface area contributed by atoms with Gasteiger partial charge >= 0.3 is 12.4 Å². The Kier molecular flexibility index (Phi) is 11.3. The first-order valence-electron chi connectivity index (χ1n) is 20.6. The zero-order valence-corrected chi connectivity index (χ0v) is 36.9. The highest BCUT2D eigenvalue weighted by atomic mass is 35.5. The number of benzene rings is 2.